The molecular weight excluding hydrogens is 224 g/mol. The monoisotopic (exact) mass is 244 g/mol. The lowest BCUT2D eigenvalue weighted by molar-refractivity contribution is 0.0521. The molecule has 1 aromatic rings. The number of carbonyl (C=O) groups is 1. The molecule has 1 saturated carbocycles. The normalized spacial score (nSPS) is 27.7. The summed E-state index contributed by atoms with van der Waals surface area (Å²) in [5.74, 6) is 1.81. The molecule has 3 nitrogen and oxygen atoms in total. The van der Waals surface area contributed by atoms with E-state index in [1.807, 2.05) is 17.0 Å². The molecule has 3 rings (SSSR count). The zero-order valence-electron chi connectivity index (χ0n) is 10.7. The summed E-state index contributed by atoms with van der Waals surface area (Å²) >= 11 is 0. The molecule has 0 bridgehead atoms. The first-order valence-electron chi connectivity index (χ1n) is 7.04. The Labute approximate surface area is 108 Å². The van der Waals surface area contributed by atoms with Crippen LogP contribution in [-0.4, -0.2) is 28.9 Å². The maximum absolute atomic E-state index is 12.4. The van der Waals surface area contributed by atoms with Gasteiger partial charge in [-0.1, -0.05) is 19.3 Å². The fraction of sp³-hybridized carbons (Fsp3) is 0.600. The first-order chi connectivity index (χ1) is 8.84. The molecule has 1 aliphatic heterocycles. The Balaban J connectivity index is 1.69. The van der Waals surface area contributed by atoms with Crippen LogP contribution in [0, 0.1) is 11.8 Å². The molecule has 0 radical (unpaired) electrons. The van der Waals surface area contributed by atoms with Gasteiger partial charge in [-0.05, 0) is 36.8 Å². The molecule has 2 atom stereocenters. The average Bonchev–Trinajstić information content (AvgIpc) is 2.47. The van der Waals surface area contributed by atoms with Crippen molar-refractivity contribution in [3.8, 4) is 0 Å². The Morgan fingerprint density at radius 3 is 2.61 bits per heavy atom. The highest BCUT2D eigenvalue weighted by Gasteiger charge is 2.33. The SMILES string of the molecule is O=C(c1ccncc1)N1CCC2CCCCC2C1. The third kappa shape index (κ3) is 2.26. The largest absolute Gasteiger partial charge is 0.338 e. The Kier molecular flexibility index (Phi) is 3.31. The summed E-state index contributed by atoms with van der Waals surface area (Å²) in [5.41, 5.74) is 0.777. The van der Waals surface area contributed by atoms with Crippen LogP contribution < -0.4 is 0 Å². The summed E-state index contributed by atoms with van der Waals surface area (Å²) in [6, 6.07) is 3.63. The highest BCUT2D eigenvalue weighted by Crippen LogP contribution is 2.36. The standard InChI is InChI=1S/C15H20N2O/c18-15(13-5-8-16-9-6-13)17-10-7-12-3-1-2-4-14(12)11-17/h5-6,8-9,12,14H,1-4,7,10-11H2. The minimum Gasteiger partial charge on any atom is -0.338 e. The molecule has 18 heavy (non-hydrogen) atoms. The maximum Gasteiger partial charge on any atom is 0.253 e. The van der Waals surface area contributed by atoms with Crippen LogP contribution in [0.25, 0.3) is 0 Å². The molecule has 0 N–H and O–H groups in total. The number of hydrogen-bond acceptors (Lipinski definition) is 2. The van der Waals surface area contributed by atoms with E-state index in [2.05, 4.69) is 4.98 Å². The van der Waals surface area contributed by atoms with E-state index in [1.54, 1.807) is 12.4 Å². The Morgan fingerprint density at radius 1 is 1.11 bits per heavy atom. The van der Waals surface area contributed by atoms with Crippen LogP contribution in [0.1, 0.15) is 42.5 Å². The number of pyridine rings is 1. The predicted molar refractivity (Wildman–Crippen MR) is 70.2 cm³/mol. The van der Waals surface area contributed by atoms with Crippen LogP contribution in [0.3, 0.4) is 0 Å². The lowest BCUT2D eigenvalue weighted by Gasteiger charge is -2.41. The molecule has 1 aliphatic carbocycles. The van der Waals surface area contributed by atoms with Crippen molar-refractivity contribution in [2.45, 2.75) is 32.1 Å². The molecule has 1 aromatic heterocycles. The maximum atomic E-state index is 12.4. The molecule has 1 amide bonds. The highest BCUT2D eigenvalue weighted by molar-refractivity contribution is 5.94. The quantitative estimate of drug-likeness (QED) is 0.761. The smallest absolute Gasteiger partial charge is 0.253 e. The van der Waals surface area contributed by atoms with E-state index in [9.17, 15) is 4.79 Å². The number of fused-ring (bicyclic) bond motifs is 1. The number of aromatic nitrogens is 1. The van der Waals surface area contributed by atoms with Crippen molar-refractivity contribution in [3.05, 3.63) is 30.1 Å². The van der Waals surface area contributed by atoms with Crippen molar-refractivity contribution >= 4 is 5.91 Å². The van der Waals surface area contributed by atoms with Crippen molar-refractivity contribution in [1.82, 2.24) is 9.88 Å². The second-order valence-electron chi connectivity index (χ2n) is 5.58. The Hall–Kier alpha value is -1.38. The summed E-state index contributed by atoms with van der Waals surface area (Å²) in [6.07, 6.45) is 10.0. The van der Waals surface area contributed by atoms with Crippen molar-refractivity contribution in [1.29, 1.82) is 0 Å². The number of likely N-dealkylation sites (tertiary alicyclic amines) is 1. The van der Waals surface area contributed by atoms with Gasteiger partial charge in [-0.15, -0.1) is 0 Å². The molecular formula is C15H20N2O. The summed E-state index contributed by atoms with van der Waals surface area (Å²) in [5, 5.41) is 0. The van der Waals surface area contributed by atoms with Crippen molar-refractivity contribution < 1.29 is 4.79 Å². The first kappa shape index (κ1) is 11.7. The van der Waals surface area contributed by atoms with Crippen molar-refractivity contribution in [2.75, 3.05) is 13.1 Å². The van der Waals surface area contributed by atoms with E-state index < -0.39 is 0 Å². The van der Waals surface area contributed by atoms with E-state index in [-0.39, 0.29) is 5.91 Å². The molecule has 3 heteroatoms. The van der Waals surface area contributed by atoms with E-state index in [0.29, 0.717) is 0 Å². The predicted octanol–water partition coefficient (Wildman–Crippen LogP) is 2.73. The molecule has 1 saturated heterocycles. The van der Waals surface area contributed by atoms with Crippen LogP contribution in [0.5, 0.6) is 0 Å². The highest BCUT2D eigenvalue weighted by atomic mass is 16.2. The molecule has 2 heterocycles. The van der Waals surface area contributed by atoms with Crippen LogP contribution in [0.4, 0.5) is 0 Å². The fourth-order valence-corrected chi connectivity index (χ4v) is 3.46. The molecule has 2 aliphatic rings. The summed E-state index contributed by atoms with van der Waals surface area (Å²) < 4.78 is 0. The van der Waals surface area contributed by atoms with Gasteiger partial charge in [0.05, 0.1) is 0 Å². The number of nitrogens with zero attached hydrogens (tertiary/aromatic N) is 2. The first-order valence-corrected chi connectivity index (χ1v) is 7.04. The Morgan fingerprint density at radius 2 is 1.83 bits per heavy atom. The van der Waals surface area contributed by atoms with Gasteiger partial charge in [0.1, 0.15) is 0 Å². The van der Waals surface area contributed by atoms with Gasteiger partial charge in [0.25, 0.3) is 5.91 Å². The number of piperidine rings is 1. The van der Waals surface area contributed by atoms with Crippen molar-refractivity contribution in [3.63, 3.8) is 0 Å². The summed E-state index contributed by atoms with van der Waals surface area (Å²) in [7, 11) is 0. The molecule has 0 aromatic carbocycles. The Bertz CT molecular complexity index is 418. The van der Waals surface area contributed by atoms with E-state index in [4.69, 9.17) is 0 Å². The summed E-state index contributed by atoms with van der Waals surface area (Å²) in [4.78, 5) is 18.4. The van der Waals surface area contributed by atoms with Crippen molar-refractivity contribution in [2.24, 2.45) is 11.8 Å². The second-order valence-corrected chi connectivity index (χ2v) is 5.58. The lowest BCUT2D eigenvalue weighted by Crippen LogP contribution is -2.44. The van der Waals surface area contributed by atoms with Crippen LogP contribution >= 0.6 is 0 Å². The zero-order chi connectivity index (χ0) is 12.4. The lowest BCUT2D eigenvalue weighted by atomic mass is 9.75. The third-order valence-corrected chi connectivity index (χ3v) is 4.51. The molecule has 2 unspecified atom stereocenters. The fourth-order valence-electron chi connectivity index (χ4n) is 3.46. The number of carbonyl (C=O) groups excluding carboxylic acids is 1. The zero-order valence-corrected chi connectivity index (χ0v) is 10.7. The van der Waals surface area contributed by atoms with Crippen LogP contribution in [-0.2, 0) is 0 Å². The average molecular weight is 244 g/mol. The van der Waals surface area contributed by atoms with Gasteiger partial charge in [0.2, 0.25) is 0 Å². The van der Waals surface area contributed by atoms with Gasteiger partial charge in [0, 0.05) is 31.0 Å². The van der Waals surface area contributed by atoms with E-state index >= 15 is 0 Å². The molecule has 0 spiro atoms. The van der Waals surface area contributed by atoms with Crippen LogP contribution in [0.15, 0.2) is 24.5 Å². The van der Waals surface area contributed by atoms with E-state index in [0.717, 1.165) is 30.5 Å². The van der Waals surface area contributed by atoms with Crippen LogP contribution in [0.2, 0.25) is 0 Å². The minimum atomic E-state index is 0.182. The number of hydrogen-bond donors (Lipinski definition) is 0. The van der Waals surface area contributed by atoms with Gasteiger partial charge >= 0.3 is 0 Å². The number of amides is 1. The minimum absolute atomic E-state index is 0.182. The van der Waals surface area contributed by atoms with Gasteiger partial charge in [-0.3, -0.25) is 9.78 Å². The van der Waals surface area contributed by atoms with E-state index in [1.165, 1.54) is 32.1 Å². The van der Waals surface area contributed by atoms with Gasteiger partial charge in [-0.25, -0.2) is 0 Å². The van der Waals surface area contributed by atoms with Gasteiger partial charge < -0.3 is 4.90 Å². The van der Waals surface area contributed by atoms with Gasteiger partial charge in [-0.2, -0.15) is 0 Å². The molecule has 2 fully saturated rings. The topological polar surface area (TPSA) is 33.2 Å². The second kappa shape index (κ2) is 5.09. The van der Waals surface area contributed by atoms with Gasteiger partial charge in [0.15, 0.2) is 0 Å². The third-order valence-electron chi connectivity index (χ3n) is 4.51. The number of rotatable bonds is 1. The summed E-state index contributed by atoms with van der Waals surface area (Å²) in [6.45, 7) is 1.90. The molecule has 96 valence electrons.